The van der Waals surface area contributed by atoms with Crippen LogP contribution < -0.4 is 15.8 Å². The van der Waals surface area contributed by atoms with Gasteiger partial charge in [-0.25, -0.2) is 0 Å². The minimum absolute atomic E-state index is 0.0138. The molecule has 1 aromatic heterocycles. The third-order valence-corrected chi connectivity index (χ3v) is 3.87. The summed E-state index contributed by atoms with van der Waals surface area (Å²) in [6.07, 6.45) is 1.10. The second kappa shape index (κ2) is 8.71. The minimum Gasteiger partial charge on any atom is -0.491 e. The summed E-state index contributed by atoms with van der Waals surface area (Å²) in [6.45, 7) is 0.461. The van der Waals surface area contributed by atoms with E-state index in [1.165, 1.54) is 0 Å². The van der Waals surface area contributed by atoms with Crippen LogP contribution in [0.3, 0.4) is 0 Å². The van der Waals surface area contributed by atoms with E-state index in [1.54, 1.807) is 12.1 Å². The van der Waals surface area contributed by atoms with E-state index >= 15 is 0 Å². The van der Waals surface area contributed by atoms with Crippen LogP contribution >= 0.6 is 0 Å². The number of para-hydroxylation sites is 2. The standard InChI is InChI=1S/C12H11NO2.C9H9NO2/c13-12(14)11-7-6-10(15-11)8-9-4-2-1-3-5-9;11-9-5-6-12-8-4-2-1-3-7(8)10-9/h1-7H,8H2,(H2,13,14);1-4H,5-6H2,(H,10,11). The number of nitrogens with two attached hydrogens (primary N) is 1. The molecule has 0 unspecified atom stereocenters. The van der Waals surface area contributed by atoms with Gasteiger partial charge in [0.1, 0.15) is 11.5 Å². The van der Waals surface area contributed by atoms with Crippen molar-refractivity contribution in [3.8, 4) is 5.75 Å². The minimum atomic E-state index is -0.533. The zero-order valence-electron chi connectivity index (χ0n) is 14.7. The van der Waals surface area contributed by atoms with Crippen LogP contribution in [0.2, 0.25) is 0 Å². The second-order valence-corrected chi connectivity index (χ2v) is 5.94. The normalized spacial score (nSPS) is 12.5. The number of carbonyl (C=O) groups is 2. The zero-order valence-corrected chi connectivity index (χ0v) is 14.7. The summed E-state index contributed by atoms with van der Waals surface area (Å²) < 4.78 is 10.6. The Morgan fingerprint density at radius 1 is 1.00 bits per heavy atom. The highest BCUT2D eigenvalue weighted by atomic mass is 16.5. The van der Waals surface area contributed by atoms with Crippen LogP contribution in [0, 0.1) is 0 Å². The maximum Gasteiger partial charge on any atom is 0.284 e. The fourth-order valence-corrected chi connectivity index (χ4v) is 2.56. The number of primary amides is 1. The summed E-state index contributed by atoms with van der Waals surface area (Å²) >= 11 is 0. The summed E-state index contributed by atoms with van der Waals surface area (Å²) in [5, 5.41) is 2.76. The first kappa shape index (κ1) is 18.3. The SMILES string of the molecule is NC(=O)c1ccc(Cc2ccccc2)o1.O=C1CCOc2ccccc2N1. The number of furan rings is 1. The van der Waals surface area contributed by atoms with Gasteiger partial charge in [0.15, 0.2) is 5.76 Å². The maximum absolute atomic E-state index is 11.1. The van der Waals surface area contributed by atoms with Gasteiger partial charge in [0.2, 0.25) is 5.91 Å². The van der Waals surface area contributed by atoms with E-state index in [0.717, 1.165) is 22.8 Å². The molecule has 2 aromatic carbocycles. The van der Waals surface area contributed by atoms with Crippen molar-refractivity contribution in [2.75, 3.05) is 11.9 Å². The molecular weight excluding hydrogens is 344 g/mol. The topological polar surface area (TPSA) is 94.6 Å². The number of nitrogens with one attached hydrogen (secondary N) is 1. The molecule has 4 rings (SSSR count). The summed E-state index contributed by atoms with van der Waals surface area (Å²) in [6, 6.07) is 20.7. The molecule has 27 heavy (non-hydrogen) atoms. The van der Waals surface area contributed by atoms with Gasteiger partial charge in [0.25, 0.3) is 5.91 Å². The number of rotatable bonds is 3. The van der Waals surface area contributed by atoms with Crippen molar-refractivity contribution in [2.45, 2.75) is 12.8 Å². The quantitative estimate of drug-likeness (QED) is 0.745. The predicted octanol–water partition coefficient (Wildman–Crippen LogP) is 3.38. The fraction of sp³-hybridized carbons (Fsp3) is 0.143. The molecule has 2 amide bonds. The summed E-state index contributed by atoms with van der Waals surface area (Å²) in [4.78, 5) is 21.8. The van der Waals surface area contributed by atoms with Crippen molar-refractivity contribution < 1.29 is 18.7 Å². The van der Waals surface area contributed by atoms with Crippen molar-refractivity contribution in [1.29, 1.82) is 0 Å². The van der Waals surface area contributed by atoms with Gasteiger partial charge in [-0.3, -0.25) is 9.59 Å². The lowest BCUT2D eigenvalue weighted by Gasteiger charge is -2.04. The lowest BCUT2D eigenvalue weighted by Crippen LogP contribution is -2.10. The first-order valence-electron chi connectivity index (χ1n) is 8.56. The highest BCUT2D eigenvalue weighted by Gasteiger charge is 2.11. The zero-order chi connectivity index (χ0) is 19.1. The Kier molecular flexibility index (Phi) is 5.89. The van der Waals surface area contributed by atoms with E-state index in [0.29, 0.717) is 19.4 Å². The molecule has 3 N–H and O–H groups in total. The van der Waals surface area contributed by atoms with E-state index in [2.05, 4.69) is 5.32 Å². The molecule has 1 aliphatic rings. The molecule has 6 heteroatoms. The Balaban J connectivity index is 0.000000159. The van der Waals surface area contributed by atoms with Gasteiger partial charge in [0, 0.05) is 6.42 Å². The first-order valence-corrected chi connectivity index (χ1v) is 8.56. The van der Waals surface area contributed by atoms with Crippen molar-refractivity contribution in [3.63, 3.8) is 0 Å². The number of amides is 2. The Morgan fingerprint density at radius 3 is 2.48 bits per heavy atom. The molecule has 0 saturated heterocycles. The van der Waals surface area contributed by atoms with Gasteiger partial charge in [0.05, 0.1) is 18.7 Å². The fourth-order valence-electron chi connectivity index (χ4n) is 2.56. The van der Waals surface area contributed by atoms with Crippen molar-refractivity contribution in [1.82, 2.24) is 0 Å². The highest BCUT2D eigenvalue weighted by molar-refractivity contribution is 5.93. The molecule has 0 spiro atoms. The van der Waals surface area contributed by atoms with Crippen LogP contribution in [0.5, 0.6) is 5.75 Å². The van der Waals surface area contributed by atoms with Crippen molar-refractivity contribution in [3.05, 3.63) is 83.8 Å². The number of benzene rings is 2. The Labute approximate surface area is 156 Å². The molecule has 0 saturated carbocycles. The maximum atomic E-state index is 11.1. The summed E-state index contributed by atoms with van der Waals surface area (Å²) in [5.74, 6) is 1.19. The van der Waals surface area contributed by atoms with Crippen LogP contribution in [-0.4, -0.2) is 18.4 Å². The van der Waals surface area contributed by atoms with E-state index in [9.17, 15) is 9.59 Å². The van der Waals surface area contributed by atoms with Crippen LogP contribution in [0.15, 0.2) is 71.1 Å². The average molecular weight is 364 g/mol. The van der Waals surface area contributed by atoms with Crippen LogP contribution in [0.1, 0.15) is 28.3 Å². The largest absolute Gasteiger partial charge is 0.491 e. The van der Waals surface area contributed by atoms with Gasteiger partial charge in [-0.05, 0) is 29.8 Å². The molecule has 0 radical (unpaired) electrons. The number of fused-ring (bicyclic) bond motifs is 1. The highest BCUT2D eigenvalue weighted by Crippen LogP contribution is 2.25. The number of hydrogen-bond donors (Lipinski definition) is 2. The number of hydrogen-bond acceptors (Lipinski definition) is 4. The molecule has 3 aromatic rings. The number of carbonyl (C=O) groups excluding carboxylic acids is 2. The molecule has 0 aliphatic carbocycles. The molecular formula is C21H20N2O4. The number of anilines is 1. The molecule has 1 aliphatic heterocycles. The molecule has 0 atom stereocenters. The van der Waals surface area contributed by atoms with E-state index in [1.807, 2.05) is 54.6 Å². The molecule has 2 heterocycles. The van der Waals surface area contributed by atoms with Crippen LogP contribution in [-0.2, 0) is 11.2 Å². The average Bonchev–Trinajstić information content (AvgIpc) is 3.05. The van der Waals surface area contributed by atoms with Gasteiger partial charge in [-0.1, -0.05) is 42.5 Å². The molecule has 6 nitrogen and oxygen atoms in total. The monoisotopic (exact) mass is 364 g/mol. The second-order valence-electron chi connectivity index (χ2n) is 5.94. The molecule has 138 valence electrons. The summed E-state index contributed by atoms with van der Waals surface area (Å²) in [5.41, 5.74) is 6.99. The van der Waals surface area contributed by atoms with Gasteiger partial charge in [-0.2, -0.15) is 0 Å². The smallest absolute Gasteiger partial charge is 0.284 e. The molecule has 0 fully saturated rings. The lowest BCUT2D eigenvalue weighted by molar-refractivity contribution is -0.116. The molecule has 0 bridgehead atoms. The Morgan fingerprint density at radius 2 is 1.74 bits per heavy atom. The Hall–Kier alpha value is -3.54. The first-order chi connectivity index (χ1) is 13.1. The van der Waals surface area contributed by atoms with E-state index in [-0.39, 0.29) is 11.7 Å². The van der Waals surface area contributed by atoms with E-state index < -0.39 is 5.91 Å². The van der Waals surface area contributed by atoms with E-state index in [4.69, 9.17) is 14.9 Å². The van der Waals surface area contributed by atoms with Crippen molar-refractivity contribution >= 4 is 17.5 Å². The lowest BCUT2D eigenvalue weighted by atomic mass is 10.1. The Bertz CT molecular complexity index is 919. The third-order valence-electron chi connectivity index (χ3n) is 3.87. The van der Waals surface area contributed by atoms with Crippen LogP contribution in [0.25, 0.3) is 0 Å². The van der Waals surface area contributed by atoms with Crippen molar-refractivity contribution in [2.24, 2.45) is 5.73 Å². The number of ether oxygens (including phenoxy) is 1. The van der Waals surface area contributed by atoms with Gasteiger partial charge < -0.3 is 20.2 Å². The van der Waals surface area contributed by atoms with Gasteiger partial charge >= 0.3 is 0 Å². The van der Waals surface area contributed by atoms with Crippen LogP contribution in [0.4, 0.5) is 5.69 Å². The third kappa shape index (κ3) is 5.22. The summed E-state index contributed by atoms with van der Waals surface area (Å²) in [7, 11) is 0. The van der Waals surface area contributed by atoms with Gasteiger partial charge in [-0.15, -0.1) is 0 Å². The predicted molar refractivity (Wildman–Crippen MR) is 102 cm³/mol.